The number of ether oxygens (including phenoxy) is 2. The smallest absolute Gasteiger partial charge is 0.357 e. The summed E-state index contributed by atoms with van der Waals surface area (Å²) in [6.07, 6.45) is 12.5. The summed E-state index contributed by atoms with van der Waals surface area (Å²) < 4.78 is 9.82. The van der Waals surface area contributed by atoms with Crippen molar-refractivity contribution in [2.45, 2.75) is 84.1 Å². The molecule has 0 aromatic carbocycles. The number of thiazole rings is 1. The highest BCUT2D eigenvalue weighted by Gasteiger charge is 2.17. The van der Waals surface area contributed by atoms with E-state index in [4.69, 9.17) is 9.47 Å². The number of nitrogens with zero attached hydrogens (tertiary/aromatic N) is 2. The molecule has 0 radical (unpaired) electrons. The molecule has 1 rings (SSSR count). The van der Waals surface area contributed by atoms with Crippen LogP contribution in [0.15, 0.2) is 5.38 Å². The van der Waals surface area contributed by atoms with E-state index < -0.39 is 5.97 Å². The fourth-order valence-corrected chi connectivity index (χ4v) is 3.96. The topological polar surface area (TPSA) is 68.7 Å². The molecular weight excluding hydrogens is 388 g/mol. The van der Waals surface area contributed by atoms with Crippen molar-refractivity contribution in [2.24, 2.45) is 0 Å². The predicted molar refractivity (Wildman–Crippen MR) is 117 cm³/mol. The first-order valence-electron chi connectivity index (χ1n) is 10.9. The molecule has 0 aliphatic rings. The minimum Gasteiger partial charge on any atom is -0.464 e. The van der Waals surface area contributed by atoms with E-state index in [0.717, 1.165) is 24.3 Å². The summed E-state index contributed by atoms with van der Waals surface area (Å²) in [5.74, 6) is -0.293. The van der Waals surface area contributed by atoms with Gasteiger partial charge in [-0.1, -0.05) is 58.3 Å². The van der Waals surface area contributed by atoms with Crippen molar-refractivity contribution in [1.29, 1.82) is 0 Å². The Kier molecular flexibility index (Phi) is 14.4. The zero-order valence-electron chi connectivity index (χ0n) is 18.4. The quantitative estimate of drug-likeness (QED) is 0.252. The number of hydrogen-bond donors (Lipinski definition) is 0. The second-order valence-corrected chi connectivity index (χ2v) is 8.30. The molecule has 0 aliphatic carbocycles. The Hall–Kier alpha value is -1.47. The maximum atomic E-state index is 12.7. The average Bonchev–Trinajstić information content (AvgIpc) is 3.20. The Bertz CT molecular complexity index is 577. The van der Waals surface area contributed by atoms with Crippen molar-refractivity contribution in [2.75, 3.05) is 27.4 Å². The Morgan fingerprint density at radius 3 is 2.28 bits per heavy atom. The molecule has 6 nitrogen and oxygen atoms in total. The van der Waals surface area contributed by atoms with Gasteiger partial charge in [0.2, 0.25) is 5.91 Å². The number of carbonyl (C=O) groups is 2. The third kappa shape index (κ3) is 11.3. The van der Waals surface area contributed by atoms with E-state index in [1.807, 2.05) is 4.90 Å². The van der Waals surface area contributed by atoms with Crippen LogP contribution >= 0.6 is 11.3 Å². The Morgan fingerprint density at radius 1 is 1.00 bits per heavy atom. The van der Waals surface area contributed by atoms with Crippen LogP contribution < -0.4 is 0 Å². The summed E-state index contributed by atoms with van der Waals surface area (Å²) in [5.41, 5.74) is 0.302. The van der Waals surface area contributed by atoms with Crippen LogP contribution in [0.3, 0.4) is 0 Å². The molecule has 1 aromatic heterocycles. The number of amides is 1. The van der Waals surface area contributed by atoms with Gasteiger partial charge >= 0.3 is 5.97 Å². The van der Waals surface area contributed by atoms with E-state index in [1.54, 1.807) is 12.5 Å². The third-order valence-corrected chi connectivity index (χ3v) is 5.73. The lowest BCUT2D eigenvalue weighted by atomic mass is 10.1. The predicted octanol–water partition coefficient (Wildman–Crippen LogP) is 5.22. The third-order valence-electron chi connectivity index (χ3n) is 4.90. The molecule has 1 aromatic rings. The van der Waals surface area contributed by atoms with E-state index in [1.165, 1.54) is 63.4 Å². The normalized spacial score (nSPS) is 10.9. The molecule has 29 heavy (non-hydrogen) atoms. The van der Waals surface area contributed by atoms with E-state index in [9.17, 15) is 9.59 Å². The largest absolute Gasteiger partial charge is 0.464 e. The van der Waals surface area contributed by atoms with Gasteiger partial charge in [-0.15, -0.1) is 11.3 Å². The fourth-order valence-electron chi connectivity index (χ4n) is 3.18. The van der Waals surface area contributed by atoms with Gasteiger partial charge in [0.25, 0.3) is 0 Å². The highest BCUT2D eigenvalue weighted by atomic mass is 32.1. The minimum absolute atomic E-state index is 0.152. The second kappa shape index (κ2) is 16.3. The van der Waals surface area contributed by atoms with Crippen molar-refractivity contribution < 1.29 is 19.1 Å². The summed E-state index contributed by atoms with van der Waals surface area (Å²) in [6, 6.07) is 0. The number of esters is 1. The zero-order valence-corrected chi connectivity index (χ0v) is 19.2. The van der Waals surface area contributed by atoms with E-state index >= 15 is 0 Å². The maximum absolute atomic E-state index is 12.7. The number of carbonyl (C=O) groups excluding carboxylic acids is 2. The van der Waals surface area contributed by atoms with Crippen molar-refractivity contribution >= 4 is 23.2 Å². The number of hydrogen-bond acceptors (Lipinski definition) is 6. The van der Waals surface area contributed by atoms with E-state index in [-0.39, 0.29) is 5.91 Å². The van der Waals surface area contributed by atoms with Gasteiger partial charge in [-0.2, -0.15) is 0 Å². The van der Waals surface area contributed by atoms with Crippen LogP contribution in [0.5, 0.6) is 0 Å². The lowest BCUT2D eigenvalue weighted by molar-refractivity contribution is -0.132. The maximum Gasteiger partial charge on any atom is 0.357 e. The van der Waals surface area contributed by atoms with Gasteiger partial charge in [0.1, 0.15) is 5.01 Å². The van der Waals surface area contributed by atoms with Crippen LogP contribution in [0.1, 0.15) is 93.0 Å². The van der Waals surface area contributed by atoms with E-state index in [2.05, 4.69) is 11.9 Å². The molecular formula is C22H38N2O4S. The number of methoxy groups -OCH3 is 2. The summed E-state index contributed by atoms with van der Waals surface area (Å²) in [7, 11) is 3.00. The summed E-state index contributed by atoms with van der Waals surface area (Å²) in [4.78, 5) is 30.4. The van der Waals surface area contributed by atoms with Crippen LogP contribution in [0.2, 0.25) is 0 Å². The molecule has 7 heteroatoms. The first-order valence-corrected chi connectivity index (χ1v) is 11.8. The fraction of sp³-hybridized carbons (Fsp3) is 0.773. The molecule has 1 heterocycles. The summed E-state index contributed by atoms with van der Waals surface area (Å²) in [6.45, 7) is 3.92. The monoisotopic (exact) mass is 426 g/mol. The van der Waals surface area contributed by atoms with Crippen LogP contribution in [-0.2, 0) is 20.8 Å². The van der Waals surface area contributed by atoms with Crippen LogP contribution in [0, 0.1) is 0 Å². The lowest BCUT2D eigenvalue weighted by Crippen LogP contribution is -2.32. The van der Waals surface area contributed by atoms with Crippen molar-refractivity contribution in [3.8, 4) is 0 Å². The SMILES string of the molecule is CCCCCCCCCCCC(=O)N(CCCOC)Cc1nc(C(=O)OC)cs1. The van der Waals surface area contributed by atoms with Gasteiger partial charge in [-0.25, -0.2) is 9.78 Å². The first-order chi connectivity index (χ1) is 14.1. The zero-order chi connectivity index (χ0) is 21.3. The molecule has 0 unspecified atom stereocenters. The molecule has 0 saturated heterocycles. The molecule has 0 spiro atoms. The Balaban J connectivity index is 2.38. The molecule has 1 amide bonds. The second-order valence-electron chi connectivity index (χ2n) is 7.36. The van der Waals surface area contributed by atoms with Crippen molar-refractivity contribution in [1.82, 2.24) is 9.88 Å². The van der Waals surface area contributed by atoms with Gasteiger partial charge in [0.05, 0.1) is 13.7 Å². The molecule has 0 aliphatic heterocycles. The average molecular weight is 427 g/mol. The number of aromatic nitrogens is 1. The van der Waals surface area contributed by atoms with Crippen molar-refractivity contribution in [3.63, 3.8) is 0 Å². The van der Waals surface area contributed by atoms with Crippen LogP contribution in [-0.4, -0.2) is 49.1 Å². The molecule has 0 fully saturated rings. The van der Waals surface area contributed by atoms with Gasteiger partial charge in [-0.05, 0) is 12.8 Å². The molecule has 0 bridgehead atoms. The van der Waals surface area contributed by atoms with Crippen LogP contribution in [0.25, 0.3) is 0 Å². The highest BCUT2D eigenvalue weighted by molar-refractivity contribution is 7.09. The number of rotatable bonds is 17. The molecule has 0 atom stereocenters. The number of unbranched alkanes of at least 4 members (excludes halogenated alkanes) is 8. The first kappa shape index (κ1) is 25.6. The summed E-state index contributed by atoms with van der Waals surface area (Å²) >= 11 is 1.38. The molecule has 166 valence electrons. The van der Waals surface area contributed by atoms with Crippen LogP contribution in [0.4, 0.5) is 0 Å². The molecule has 0 saturated carbocycles. The van der Waals surface area contributed by atoms with Gasteiger partial charge in [-0.3, -0.25) is 4.79 Å². The minimum atomic E-state index is -0.445. The molecule has 0 N–H and O–H groups in total. The highest BCUT2D eigenvalue weighted by Crippen LogP contribution is 2.16. The lowest BCUT2D eigenvalue weighted by Gasteiger charge is -2.21. The van der Waals surface area contributed by atoms with Gasteiger partial charge < -0.3 is 14.4 Å². The Morgan fingerprint density at radius 2 is 1.66 bits per heavy atom. The summed E-state index contributed by atoms with van der Waals surface area (Å²) in [5, 5.41) is 2.43. The van der Waals surface area contributed by atoms with Gasteiger partial charge in [0, 0.05) is 32.1 Å². The Labute approximate surface area is 180 Å². The standard InChI is InChI=1S/C22H38N2O4S/c1-4-5-6-7-8-9-10-11-12-14-21(25)24(15-13-16-27-2)17-20-23-19(18-29-20)22(26)28-3/h18H,4-17H2,1-3H3. The van der Waals surface area contributed by atoms with E-state index in [0.29, 0.717) is 31.8 Å². The van der Waals surface area contributed by atoms with Crippen molar-refractivity contribution in [3.05, 3.63) is 16.1 Å². The van der Waals surface area contributed by atoms with Gasteiger partial charge in [0.15, 0.2) is 5.69 Å².